The van der Waals surface area contributed by atoms with Crippen LogP contribution in [0, 0.1) is 0 Å². The molecular weight excluding hydrogens is 278 g/mol. The third-order valence-corrected chi connectivity index (χ3v) is 3.81. The number of benzene rings is 1. The van der Waals surface area contributed by atoms with Gasteiger partial charge in [-0.3, -0.25) is 0 Å². The van der Waals surface area contributed by atoms with Crippen LogP contribution < -0.4 is 5.32 Å². The Kier molecular flexibility index (Phi) is 4.60. The topological polar surface area (TPSA) is 21.3 Å². The van der Waals surface area contributed by atoms with Gasteiger partial charge in [0.2, 0.25) is 0 Å². The zero-order valence-electron chi connectivity index (χ0n) is 10.4. The lowest BCUT2D eigenvalue weighted by Gasteiger charge is -2.18. The van der Waals surface area contributed by atoms with Gasteiger partial charge in [-0.1, -0.05) is 28.1 Å². The lowest BCUT2D eigenvalue weighted by atomic mass is 10.1. The summed E-state index contributed by atoms with van der Waals surface area (Å²) in [5.41, 5.74) is 1.31. The van der Waals surface area contributed by atoms with Crippen LogP contribution in [-0.2, 0) is 4.74 Å². The Morgan fingerprint density at radius 3 is 2.94 bits per heavy atom. The molecule has 1 saturated heterocycles. The Labute approximate surface area is 112 Å². The van der Waals surface area contributed by atoms with E-state index in [9.17, 15) is 0 Å². The number of halogens is 1. The van der Waals surface area contributed by atoms with E-state index in [0.29, 0.717) is 18.2 Å². The highest BCUT2D eigenvalue weighted by atomic mass is 79.9. The summed E-state index contributed by atoms with van der Waals surface area (Å²) in [6.45, 7) is 5.29. The zero-order chi connectivity index (χ0) is 12.3. The van der Waals surface area contributed by atoms with E-state index in [1.807, 2.05) is 0 Å². The zero-order valence-corrected chi connectivity index (χ0v) is 12.0. The maximum Gasteiger partial charge on any atom is 0.0704 e. The fraction of sp³-hybridized carbons (Fsp3) is 0.571. The number of hydrogen-bond acceptors (Lipinski definition) is 2. The van der Waals surface area contributed by atoms with Gasteiger partial charge in [0.25, 0.3) is 0 Å². The van der Waals surface area contributed by atoms with Gasteiger partial charge in [0.05, 0.1) is 12.2 Å². The summed E-state index contributed by atoms with van der Waals surface area (Å²) in [7, 11) is 0. The van der Waals surface area contributed by atoms with Crippen molar-refractivity contribution in [1.29, 1.82) is 0 Å². The van der Waals surface area contributed by atoms with Crippen LogP contribution in [-0.4, -0.2) is 18.8 Å². The molecule has 1 aromatic carbocycles. The molecule has 2 rings (SSSR count). The van der Waals surface area contributed by atoms with Crippen LogP contribution in [0.1, 0.15) is 38.3 Å². The monoisotopic (exact) mass is 297 g/mol. The van der Waals surface area contributed by atoms with Gasteiger partial charge >= 0.3 is 0 Å². The second-order valence-corrected chi connectivity index (χ2v) is 5.75. The third-order valence-electron chi connectivity index (χ3n) is 3.32. The predicted molar refractivity (Wildman–Crippen MR) is 74.1 cm³/mol. The van der Waals surface area contributed by atoms with Gasteiger partial charge in [0.1, 0.15) is 0 Å². The van der Waals surface area contributed by atoms with E-state index in [2.05, 4.69) is 59.4 Å². The van der Waals surface area contributed by atoms with Crippen LogP contribution in [0.25, 0.3) is 0 Å². The molecule has 1 aliphatic heterocycles. The van der Waals surface area contributed by atoms with E-state index >= 15 is 0 Å². The Morgan fingerprint density at radius 2 is 2.29 bits per heavy atom. The highest BCUT2D eigenvalue weighted by Crippen LogP contribution is 2.21. The van der Waals surface area contributed by atoms with Crippen molar-refractivity contribution in [2.75, 3.05) is 6.54 Å². The third kappa shape index (κ3) is 3.80. The average Bonchev–Trinajstić information content (AvgIpc) is 2.72. The van der Waals surface area contributed by atoms with E-state index in [-0.39, 0.29) is 0 Å². The van der Waals surface area contributed by atoms with E-state index in [4.69, 9.17) is 4.74 Å². The van der Waals surface area contributed by atoms with Crippen molar-refractivity contribution in [3.63, 3.8) is 0 Å². The van der Waals surface area contributed by atoms with Gasteiger partial charge < -0.3 is 10.1 Å². The molecule has 1 N–H and O–H groups in total. The van der Waals surface area contributed by atoms with E-state index in [1.54, 1.807) is 0 Å². The van der Waals surface area contributed by atoms with Crippen molar-refractivity contribution in [3.8, 4) is 0 Å². The normalized spacial score (nSPS) is 26.1. The second kappa shape index (κ2) is 5.98. The highest BCUT2D eigenvalue weighted by molar-refractivity contribution is 9.10. The first-order chi connectivity index (χ1) is 8.15. The molecular formula is C14H20BrNO. The predicted octanol–water partition coefficient (Wildman–Crippen LogP) is 3.67. The Hall–Kier alpha value is -0.380. The summed E-state index contributed by atoms with van der Waals surface area (Å²) < 4.78 is 6.93. The molecule has 0 radical (unpaired) electrons. The fourth-order valence-electron chi connectivity index (χ4n) is 2.24. The minimum Gasteiger partial charge on any atom is -0.374 e. The van der Waals surface area contributed by atoms with Gasteiger partial charge in [-0.2, -0.15) is 0 Å². The molecule has 0 saturated carbocycles. The average molecular weight is 298 g/mol. The molecule has 94 valence electrons. The molecule has 0 amide bonds. The Bertz CT molecular complexity index is 369. The standard InChI is InChI=1S/C14H20BrNO/c1-10-6-7-14(17-10)9-16-11(2)12-4-3-5-13(15)8-12/h3-5,8,10-11,14,16H,6-7,9H2,1-2H3/t10?,11-,14?/m0/s1. The second-order valence-electron chi connectivity index (χ2n) is 4.83. The molecule has 1 aliphatic rings. The number of ether oxygens (including phenoxy) is 1. The Morgan fingerprint density at radius 1 is 1.47 bits per heavy atom. The van der Waals surface area contributed by atoms with Crippen molar-refractivity contribution in [3.05, 3.63) is 34.3 Å². The van der Waals surface area contributed by atoms with E-state index < -0.39 is 0 Å². The van der Waals surface area contributed by atoms with Gasteiger partial charge in [0, 0.05) is 17.1 Å². The maximum absolute atomic E-state index is 5.80. The summed E-state index contributed by atoms with van der Waals surface area (Å²) in [6, 6.07) is 8.81. The molecule has 1 aromatic rings. The largest absolute Gasteiger partial charge is 0.374 e. The summed E-state index contributed by atoms with van der Waals surface area (Å²) >= 11 is 3.50. The lowest BCUT2D eigenvalue weighted by molar-refractivity contribution is 0.0546. The molecule has 0 spiro atoms. The van der Waals surface area contributed by atoms with Crippen LogP contribution in [0.4, 0.5) is 0 Å². The summed E-state index contributed by atoms with van der Waals surface area (Å²) in [4.78, 5) is 0. The van der Waals surface area contributed by atoms with E-state index in [1.165, 1.54) is 18.4 Å². The fourth-order valence-corrected chi connectivity index (χ4v) is 2.65. The van der Waals surface area contributed by atoms with Crippen molar-refractivity contribution in [2.45, 2.75) is 44.9 Å². The minimum absolute atomic E-state index is 0.368. The number of rotatable bonds is 4. The minimum atomic E-state index is 0.368. The van der Waals surface area contributed by atoms with Crippen LogP contribution in [0.15, 0.2) is 28.7 Å². The van der Waals surface area contributed by atoms with Crippen molar-refractivity contribution >= 4 is 15.9 Å². The first kappa shape index (κ1) is 13.1. The van der Waals surface area contributed by atoms with Crippen LogP contribution in [0.5, 0.6) is 0 Å². The van der Waals surface area contributed by atoms with Crippen LogP contribution in [0.3, 0.4) is 0 Å². The highest BCUT2D eigenvalue weighted by Gasteiger charge is 2.21. The van der Waals surface area contributed by atoms with Crippen molar-refractivity contribution in [1.82, 2.24) is 5.32 Å². The molecule has 0 bridgehead atoms. The molecule has 0 aliphatic carbocycles. The lowest BCUT2D eigenvalue weighted by Crippen LogP contribution is -2.29. The molecule has 0 aromatic heterocycles. The molecule has 2 unspecified atom stereocenters. The van der Waals surface area contributed by atoms with Gasteiger partial charge in [-0.05, 0) is 44.4 Å². The summed E-state index contributed by atoms with van der Waals surface area (Å²) in [6.07, 6.45) is 3.19. The molecule has 3 heteroatoms. The summed E-state index contributed by atoms with van der Waals surface area (Å²) in [5.74, 6) is 0. The van der Waals surface area contributed by atoms with Crippen molar-refractivity contribution < 1.29 is 4.74 Å². The molecule has 17 heavy (non-hydrogen) atoms. The van der Waals surface area contributed by atoms with E-state index in [0.717, 1.165) is 11.0 Å². The first-order valence-electron chi connectivity index (χ1n) is 6.29. The van der Waals surface area contributed by atoms with Crippen molar-refractivity contribution in [2.24, 2.45) is 0 Å². The van der Waals surface area contributed by atoms with Gasteiger partial charge in [0.15, 0.2) is 0 Å². The van der Waals surface area contributed by atoms with Crippen LogP contribution >= 0.6 is 15.9 Å². The SMILES string of the molecule is CC1CCC(CN[C@@H](C)c2cccc(Br)c2)O1. The van der Waals surface area contributed by atoms with Crippen LogP contribution in [0.2, 0.25) is 0 Å². The molecule has 1 fully saturated rings. The smallest absolute Gasteiger partial charge is 0.0704 e. The molecule has 1 heterocycles. The molecule has 3 atom stereocenters. The number of nitrogens with one attached hydrogen (secondary N) is 1. The maximum atomic E-state index is 5.80. The summed E-state index contributed by atoms with van der Waals surface area (Å²) in [5, 5.41) is 3.54. The quantitative estimate of drug-likeness (QED) is 0.916. The van der Waals surface area contributed by atoms with Gasteiger partial charge in [-0.25, -0.2) is 0 Å². The number of hydrogen-bond donors (Lipinski definition) is 1. The molecule has 2 nitrogen and oxygen atoms in total. The van der Waals surface area contributed by atoms with Gasteiger partial charge in [-0.15, -0.1) is 0 Å². The first-order valence-corrected chi connectivity index (χ1v) is 7.09. The Balaban J connectivity index is 1.83.